The zero-order chi connectivity index (χ0) is 19.3. The van der Waals surface area contributed by atoms with Gasteiger partial charge in [-0.25, -0.2) is 4.79 Å². The standard InChI is InChI=1S/C20H23ClO5/c1-20(2,3)26-19(22)12-25-16-9-7-14(21)11-15(16)13-6-8-17(23-4)18(10-13)24-5/h6-11H,12H2,1-5H3. The molecular formula is C20H23ClO5. The van der Waals surface area contributed by atoms with Crippen molar-refractivity contribution in [2.75, 3.05) is 20.8 Å². The van der Waals surface area contributed by atoms with Crippen LogP contribution in [0.15, 0.2) is 36.4 Å². The molecule has 0 aliphatic heterocycles. The molecule has 6 heteroatoms. The average molecular weight is 379 g/mol. The quantitative estimate of drug-likeness (QED) is 0.679. The summed E-state index contributed by atoms with van der Waals surface area (Å²) in [4.78, 5) is 11.9. The molecule has 0 amide bonds. The zero-order valence-corrected chi connectivity index (χ0v) is 16.3. The summed E-state index contributed by atoms with van der Waals surface area (Å²) in [6, 6.07) is 10.7. The summed E-state index contributed by atoms with van der Waals surface area (Å²) in [5, 5.41) is 0.555. The van der Waals surface area contributed by atoms with E-state index in [9.17, 15) is 4.79 Å². The van der Waals surface area contributed by atoms with E-state index in [1.807, 2.05) is 32.9 Å². The smallest absolute Gasteiger partial charge is 0.344 e. The number of rotatable bonds is 6. The van der Waals surface area contributed by atoms with Crippen LogP contribution in [0.3, 0.4) is 0 Å². The summed E-state index contributed by atoms with van der Waals surface area (Å²) >= 11 is 6.15. The second-order valence-electron chi connectivity index (χ2n) is 6.59. The lowest BCUT2D eigenvalue weighted by atomic mass is 10.0. The van der Waals surface area contributed by atoms with Gasteiger partial charge in [0.05, 0.1) is 14.2 Å². The summed E-state index contributed by atoms with van der Waals surface area (Å²) in [7, 11) is 3.14. The Hall–Kier alpha value is -2.40. The fraction of sp³-hybridized carbons (Fsp3) is 0.350. The van der Waals surface area contributed by atoms with Crippen molar-refractivity contribution in [1.82, 2.24) is 0 Å². The summed E-state index contributed by atoms with van der Waals surface area (Å²) in [5.41, 5.74) is 0.999. The predicted molar refractivity (Wildman–Crippen MR) is 101 cm³/mol. The molecule has 2 rings (SSSR count). The highest BCUT2D eigenvalue weighted by Crippen LogP contribution is 2.37. The number of methoxy groups -OCH3 is 2. The Balaban J connectivity index is 2.29. The van der Waals surface area contributed by atoms with Crippen molar-refractivity contribution >= 4 is 17.6 Å². The second kappa shape index (κ2) is 8.32. The molecule has 2 aromatic carbocycles. The molecule has 0 saturated heterocycles. The van der Waals surface area contributed by atoms with E-state index in [4.69, 9.17) is 30.5 Å². The van der Waals surface area contributed by atoms with Crippen LogP contribution in [0.5, 0.6) is 17.2 Å². The summed E-state index contributed by atoms with van der Waals surface area (Å²) in [6.07, 6.45) is 0. The van der Waals surface area contributed by atoms with Crippen LogP contribution in [0, 0.1) is 0 Å². The van der Waals surface area contributed by atoms with E-state index in [-0.39, 0.29) is 6.61 Å². The maximum atomic E-state index is 11.9. The third kappa shape index (κ3) is 5.30. The lowest BCUT2D eigenvalue weighted by Gasteiger charge is -2.20. The van der Waals surface area contributed by atoms with Gasteiger partial charge in [-0.15, -0.1) is 0 Å². The highest BCUT2D eigenvalue weighted by molar-refractivity contribution is 6.31. The lowest BCUT2D eigenvalue weighted by molar-refractivity contribution is -0.157. The largest absolute Gasteiger partial charge is 0.493 e. The SMILES string of the molecule is COc1ccc(-c2cc(Cl)ccc2OCC(=O)OC(C)(C)C)cc1OC. The molecule has 0 saturated carbocycles. The van der Waals surface area contributed by atoms with Gasteiger partial charge in [-0.3, -0.25) is 0 Å². The van der Waals surface area contributed by atoms with Crippen molar-refractivity contribution in [3.05, 3.63) is 41.4 Å². The lowest BCUT2D eigenvalue weighted by Crippen LogP contribution is -2.27. The first-order valence-corrected chi connectivity index (χ1v) is 8.48. The number of benzene rings is 2. The van der Waals surface area contributed by atoms with Crippen molar-refractivity contribution in [3.8, 4) is 28.4 Å². The van der Waals surface area contributed by atoms with E-state index in [0.717, 1.165) is 11.1 Å². The van der Waals surface area contributed by atoms with Crippen molar-refractivity contribution in [1.29, 1.82) is 0 Å². The van der Waals surface area contributed by atoms with E-state index < -0.39 is 11.6 Å². The van der Waals surface area contributed by atoms with Crippen LogP contribution < -0.4 is 14.2 Å². The van der Waals surface area contributed by atoms with E-state index in [2.05, 4.69) is 0 Å². The Bertz CT molecular complexity index is 780. The molecule has 0 unspecified atom stereocenters. The van der Waals surface area contributed by atoms with Crippen molar-refractivity contribution in [2.24, 2.45) is 0 Å². The summed E-state index contributed by atoms with van der Waals surface area (Å²) in [6.45, 7) is 5.23. The van der Waals surface area contributed by atoms with Gasteiger partial charge < -0.3 is 18.9 Å². The van der Waals surface area contributed by atoms with E-state index in [0.29, 0.717) is 22.3 Å². The molecule has 0 spiro atoms. The van der Waals surface area contributed by atoms with Gasteiger partial charge in [0.25, 0.3) is 0 Å². The maximum Gasteiger partial charge on any atom is 0.344 e. The molecule has 0 atom stereocenters. The van der Waals surface area contributed by atoms with Gasteiger partial charge in [0.1, 0.15) is 11.4 Å². The molecule has 5 nitrogen and oxygen atoms in total. The monoisotopic (exact) mass is 378 g/mol. The average Bonchev–Trinajstić information content (AvgIpc) is 2.58. The highest BCUT2D eigenvalue weighted by Gasteiger charge is 2.18. The van der Waals surface area contributed by atoms with Gasteiger partial charge in [0.15, 0.2) is 18.1 Å². The minimum Gasteiger partial charge on any atom is -0.493 e. The van der Waals surface area contributed by atoms with Crippen molar-refractivity contribution in [2.45, 2.75) is 26.4 Å². The Morgan fingerprint density at radius 2 is 1.62 bits per heavy atom. The summed E-state index contributed by atoms with van der Waals surface area (Å²) < 4.78 is 21.6. The first-order valence-electron chi connectivity index (χ1n) is 8.10. The fourth-order valence-corrected chi connectivity index (χ4v) is 2.54. The number of esters is 1. The minimum absolute atomic E-state index is 0.195. The van der Waals surface area contributed by atoms with E-state index >= 15 is 0 Å². The summed E-state index contributed by atoms with van der Waals surface area (Å²) in [5.74, 6) is 1.29. The molecule has 0 bridgehead atoms. The first kappa shape index (κ1) is 19.9. The van der Waals surface area contributed by atoms with Gasteiger partial charge in [0.2, 0.25) is 0 Å². The Morgan fingerprint density at radius 3 is 2.23 bits per heavy atom. The first-order chi connectivity index (χ1) is 12.2. The highest BCUT2D eigenvalue weighted by atomic mass is 35.5. The van der Waals surface area contributed by atoms with Crippen LogP contribution >= 0.6 is 11.6 Å². The molecule has 0 aliphatic carbocycles. The molecule has 0 fully saturated rings. The Morgan fingerprint density at radius 1 is 0.962 bits per heavy atom. The molecule has 0 aliphatic rings. The number of carbonyl (C=O) groups is 1. The molecule has 0 N–H and O–H groups in total. The van der Waals surface area contributed by atoms with Crippen LogP contribution in [-0.2, 0) is 9.53 Å². The van der Waals surface area contributed by atoms with Gasteiger partial charge >= 0.3 is 5.97 Å². The van der Waals surface area contributed by atoms with Crippen LogP contribution in [0.4, 0.5) is 0 Å². The van der Waals surface area contributed by atoms with E-state index in [1.165, 1.54) is 0 Å². The topological polar surface area (TPSA) is 54.0 Å². The van der Waals surface area contributed by atoms with E-state index in [1.54, 1.807) is 38.5 Å². The molecular weight excluding hydrogens is 356 g/mol. The predicted octanol–water partition coefficient (Wildman–Crippen LogP) is 4.74. The molecule has 26 heavy (non-hydrogen) atoms. The molecule has 0 aromatic heterocycles. The maximum absolute atomic E-state index is 11.9. The molecule has 0 radical (unpaired) electrons. The van der Waals surface area contributed by atoms with Gasteiger partial charge in [-0.1, -0.05) is 17.7 Å². The van der Waals surface area contributed by atoms with Gasteiger partial charge in [-0.2, -0.15) is 0 Å². The second-order valence-corrected chi connectivity index (χ2v) is 7.02. The number of carbonyl (C=O) groups excluding carboxylic acids is 1. The number of hydrogen-bond donors (Lipinski definition) is 0. The molecule has 140 valence electrons. The normalized spacial score (nSPS) is 11.0. The number of hydrogen-bond acceptors (Lipinski definition) is 5. The van der Waals surface area contributed by atoms with Crippen LogP contribution in [0.2, 0.25) is 5.02 Å². The van der Waals surface area contributed by atoms with Crippen LogP contribution in [0.25, 0.3) is 11.1 Å². The minimum atomic E-state index is -0.563. The van der Waals surface area contributed by atoms with Crippen molar-refractivity contribution < 1.29 is 23.7 Å². The number of halogens is 1. The third-order valence-corrected chi connectivity index (χ3v) is 3.64. The van der Waals surface area contributed by atoms with Crippen LogP contribution in [0.1, 0.15) is 20.8 Å². The van der Waals surface area contributed by atoms with Gasteiger partial charge in [-0.05, 0) is 56.7 Å². The van der Waals surface area contributed by atoms with Crippen molar-refractivity contribution in [3.63, 3.8) is 0 Å². The molecule has 2 aromatic rings. The number of ether oxygens (including phenoxy) is 4. The third-order valence-electron chi connectivity index (χ3n) is 3.40. The molecule has 0 heterocycles. The fourth-order valence-electron chi connectivity index (χ4n) is 2.37. The van der Waals surface area contributed by atoms with Crippen LogP contribution in [-0.4, -0.2) is 32.4 Å². The Labute approximate surface area is 158 Å². The van der Waals surface area contributed by atoms with Gasteiger partial charge in [0, 0.05) is 10.6 Å². The Kier molecular flexibility index (Phi) is 6.37. The zero-order valence-electron chi connectivity index (χ0n) is 15.6.